The summed E-state index contributed by atoms with van der Waals surface area (Å²) in [7, 11) is 0. The molecule has 142 valence electrons. The van der Waals surface area contributed by atoms with Crippen LogP contribution in [0.1, 0.15) is 44.2 Å². The molecule has 0 aliphatic heterocycles. The summed E-state index contributed by atoms with van der Waals surface area (Å²) in [6.07, 6.45) is 0.0178. The Labute approximate surface area is 157 Å². The van der Waals surface area contributed by atoms with Gasteiger partial charge in [-0.05, 0) is 56.9 Å². The molecule has 0 spiro atoms. The number of rotatable bonds is 6. The summed E-state index contributed by atoms with van der Waals surface area (Å²) >= 11 is 6.08. The van der Waals surface area contributed by atoms with Crippen LogP contribution in [0.5, 0.6) is 0 Å². The number of halogens is 1. The predicted octanol–water partition coefficient (Wildman–Crippen LogP) is 3.05. The van der Waals surface area contributed by atoms with Crippen LogP contribution < -0.4 is 0 Å². The lowest BCUT2D eigenvalue weighted by Gasteiger charge is -2.37. The summed E-state index contributed by atoms with van der Waals surface area (Å²) in [4.78, 5) is 38.0. The standard InChI is InChI=1S/C19H23ClO6/c1-4-24-16(21)15-11-19(17(22)25-5-2,18(23)26-6-3)10-12-7-8-13(20)9-14(12)15/h7-9,15H,4-6,10-11H2,1-3H3/t15-/m1/s1. The largest absolute Gasteiger partial charge is 0.466 e. The highest BCUT2D eigenvalue weighted by molar-refractivity contribution is 6.30. The molecule has 0 radical (unpaired) electrons. The van der Waals surface area contributed by atoms with Gasteiger partial charge in [-0.3, -0.25) is 14.4 Å². The summed E-state index contributed by atoms with van der Waals surface area (Å²) in [5.74, 6) is -2.68. The Kier molecular flexibility index (Phi) is 6.64. The van der Waals surface area contributed by atoms with Crippen molar-refractivity contribution in [2.75, 3.05) is 19.8 Å². The van der Waals surface area contributed by atoms with Crippen molar-refractivity contribution >= 4 is 29.5 Å². The van der Waals surface area contributed by atoms with Gasteiger partial charge in [0.2, 0.25) is 0 Å². The fourth-order valence-corrected chi connectivity index (χ4v) is 3.47. The van der Waals surface area contributed by atoms with E-state index in [2.05, 4.69) is 0 Å². The van der Waals surface area contributed by atoms with Crippen molar-refractivity contribution in [3.05, 3.63) is 34.3 Å². The van der Waals surface area contributed by atoms with E-state index in [0.29, 0.717) is 16.1 Å². The van der Waals surface area contributed by atoms with E-state index in [1.54, 1.807) is 39.0 Å². The molecule has 0 saturated heterocycles. The molecule has 1 aliphatic carbocycles. The Morgan fingerprint density at radius 3 is 2.15 bits per heavy atom. The van der Waals surface area contributed by atoms with E-state index in [1.165, 1.54) is 0 Å². The van der Waals surface area contributed by atoms with Crippen molar-refractivity contribution in [3.63, 3.8) is 0 Å². The van der Waals surface area contributed by atoms with Gasteiger partial charge < -0.3 is 14.2 Å². The SMILES string of the molecule is CCOC(=O)[C@@H]1CC(C(=O)OCC)(C(=O)OCC)Cc2ccc(Cl)cc21. The topological polar surface area (TPSA) is 78.9 Å². The molecule has 0 amide bonds. The molecule has 7 heteroatoms. The number of benzene rings is 1. The molecule has 1 aromatic carbocycles. The Morgan fingerprint density at radius 2 is 1.62 bits per heavy atom. The van der Waals surface area contributed by atoms with Gasteiger partial charge in [-0.25, -0.2) is 0 Å². The molecule has 0 aromatic heterocycles. The highest BCUT2D eigenvalue weighted by Gasteiger charge is 2.55. The zero-order valence-corrected chi connectivity index (χ0v) is 15.9. The third-order valence-electron chi connectivity index (χ3n) is 4.43. The Morgan fingerprint density at radius 1 is 1.04 bits per heavy atom. The van der Waals surface area contributed by atoms with Gasteiger partial charge in [-0.2, -0.15) is 0 Å². The second-order valence-electron chi connectivity index (χ2n) is 6.05. The Hall–Kier alpha value is -2.08. The lowest BCUT2D eigenvalue weighted by atomic mass is 9.66. The first-order chi connectivity index (χ1) is 12.4. The van der Waals surface area contributed by atoms with Crippen LogP contribution in [0.3, 0.4) is 0 Å². The molecule has 2 rings (SSSR count). The third kappa shape index (κ3) is 3.85. The maximum Gasteiger partial charge on any atom is 0.323 e. The van der Waals surface area contributed by atoms with Crippen LogP contribution >= 0.6 is 11.6 Å². The lowest BCUT2D eigenvalue weighted by Crippen LogP contribution is -2.48. The molecule has 0 unspecified atom stereocenters. The van der Waals surface area contributed by atoms with Gasteiger partial charge in [-0.1, -0.05) is 17.7 Å². The number of esters is 3. The fraction of sp³-hybridized carbons (Fsp3) is 0.526. The van der Waals surface area contributed by atoms with Crippen LogP contribution in [0.15, 0.2) is 18.2 Å². The van der Waals surface area contributed by atoms with Gasteiger partial charge in [-0.15, -0.1) is 0 Å². The van der Waals surface area contributed by atoms with Crippen LogP contribution in [0, 0.1) is 5.41 Å². The number of carbonyl (C=O) groups excluding carboxylic acids is 3. The van der Waals surface area contributed by atoms with E-state index in [9.17, 15) is 14.4 Å². The quantitative estimate of drug-likeness (QED) is 0.427. The number of hydrogen-bond donors (Lipinski definition) is 0. The van der Waals surface area contributed by atoms with Crippen LogP contribution in [-0.2, 0) is 35.0 Å². The first kappa shape index (κ1) is 20.2. The molecule has 0 N–H and O–H groups in total. The Bertz CT molecular complexity index is 681. The Balaban J connectivity index is 2.57. The van der Waals surface area contributed by atoms with Crippen molar-refractivity contribution in [2.24, 2.45) is 5.41 Å². The highest BCUT2D eigenvalue weighted by Crippen LogP contribution is 2.45. The minimum atomic E-state index is -1.58. The number of ether oxygens (including phenoxy) is 3. The fourth-order valence-electron chi connectivity index (χ4n) is 3.29. The molecule has 0 saturated carbocycles. The summed E-state index contributed by atoms with van der Waals surface area (Å²) < 4.78 is 15.5. The van der Waals surface area contributed by atoms with Crippen LogP contribution in [0.2, 0.25) is 5.02 Å². The minimum Gasteiger partial charge on any atom is -0.466 e. The van der Waals surface area contributed by atoms with Gasteiger partial charge >= 0.3 is 17.9 Å². The normalized spacial score (nSPS) is 17.8. The zero-order chi connectivity index (χ0) is 19.3. The van der Waals surface area contributed by atoms with Crippen LogP contribution in [0.25, 0.3) is 0 Å². The monoisotopic (exact) mass is 382 g/mol. The average Bonchev–Trinajstić information content (AvgIpc) is 2.61. The molecular formula is C19H23ClO6. The van der Waals surface area contributed by atoms with Gasteiger partial charge in [0.05, 0.1) is 25.7 Å². The molecule has 0 heterocycles. The van der Waals surface area contributed by atoms with E-state index < -0.39 is 29.2 Å². The average molecular weight is 383 g/mol. The number of carbonyl (C=O) groups is 3. The molecule has 1 aliphatic rings. The second kappa shape index (κ2) is 8.54. The van der Waals surface area contributed by atoms with E-state index in [4.69, 9.17) is 25.8 Å². The van der Waals surface area contributed by atoms with Gasteiger partial charge in [0.1, 0.15) is 0 Å². The third-order valence-corrected chi connectivity index (χ3v) is 4.67. The van der Waals surface area contributed by atoms with Gasteiger partial charge in [0.25, 0.3) is 0 Å². The second-order valence-corrected chi connectivity index (χ2v) is 6.49. The first-order valence-corrected chi connectivity index (χ1v) is 9.06. The summed E-state index contributed by atoms with van der Waals surface area (Å²) in [5, 5.41) is 0.470. The summed E-state index contributed by atoms with van der Waals surface area (Å²) in [6, 6.07) is 5.06. The number of fused-ring (bicyclic) bond motifs is 1. The van der Waals surface area contributed by atoms with Crippen LogP contribution in [-0.4, -0.2) is 37.7 Å². The predicted molar refractivity (Wildman–Crippen MR) is 94.8 cm³/mol. The molecule has 1 atom stereocenters. The molecule has 0 bridgehead atoms. The summed E-state index contributed by atoms with van der Waals surface area (Å²) in [6.45, 7) is 5.46. The van der Waals surface area contributed by atoms with Crippen molar-refractivity contribution in [1.29, 1.82) is 0 Å². The maximum atomic E-state index is 12.7. The van der Waals surface area contributed by atoms with Crippen LogP contribution in [0.4, 0.5) is 0 Å². The van der Waals surface area contributed by atoms with E-state index >= 15 is 0 Å². The maximum absolute atomic E-state index is 12.7. The molecule has 26 heavy (non-hydrogen) atoms. The minimum absolute atomic E-state index is 0.0726. The highest BCUT2D eigenvalue weighted by atomic mass is 35.5. The molecule has 6 nitrogen and oxygen atoms in total. The van der Waals surface area contributed by atoms with Crippen molar-refractivity contribution in [3.8, 4) is 0 Å². The van der Waals surface area contributed by atoms with Crippen molar-refractivity contribution in [1.82, 2.24) is 0 Å². The van der Waals surface area contributed by atoms with E-state index in [0.717, 1.165) is 0 Å². The van der Waals surface area contributed by atoms with Gasteiger partial charge in [0, 0.05) is 5.02 Å². The first-order valence-electron chi connectivity index (χ1n) is 8.69. The summed E-state index contributed by atoms with van der Waals surface area (Å²) in [5.41, 5.74) is -0.232. The molecule has 0 fully saturated rings. The molecule has 1 aromatic rings. The van der Waals surface area contributed by atoms with E-state index in [-0.39, 0.29) is 32.7 Å². The van der Waals surface area contributed by atoms with Gasteiger partial charge in [0.15, 0.2) is 5.41 Å². The van der Waals surface area contributed by atoms with Crippen molar-refractivity contribution in [2.45, 2.75) is 39.5 Å². The lowest BCUT2D eigenvalue weighted by molar-refractivity contribution is -0.174. The smallest absolute Gasteiger partial charge is 0.323 e. The van der Waals surface area contributed by atoms with E-state index in [1.807, 2.05) is 0 Å². The van der Waals surface area contributed by atoms with Crippen molar-refractivity contribution < 1.29 is 28.6 Å². The zero-order valence-electron chi connectivity index (χ0n) is 15.2. The molecular weight excluding hydrogens is 360 g/mol. The number of hydrogen-bond acceptors (Lipinski definition) is 6.